The number of carbonyl (C=O) groups excluding carboxylic acids is 1. The van der Waals surface area contributed by atoms with Crippen molar-refractivity contribution in [2.24, 2.45) is 0 Å². The van der Waals surface area contributed by atoms with Gasteiger partial charge in [0.25, 0.3) is 0 Å². The van der Waals surface area contributed by atoms with Crippen molar-refractivity contribution in [3.63, 3.8) is 0 Å². The molecule has 0 bridgehead atoms. The van der Waals surface area contributed by atoms with E-state index in [4.69, 9.17) is 9.47 Å². The van der Waals surface area contributed by atoms with E-state index in [1.54, 1.807) is 38.2 Å². The first kappa shape index (κ1) is 10.5. The van der Waals surface area contributed by atoms with E-state index in [0.717, 1.165) is 0 Å². The van der Waals surface area contributed by atoms with Crippen LogP contribution in [0.1, 0.15) is 13.8 Å². The Morgan fingerprint density at radius 3 is 2.93 bits per heavy atom. The Morgan fingerprint density at radius 1 is 1.57 bits per heavy atom. The third kappa shape index (κ3) is 3.05. The minimum Gasteiger partial charge on any atom is -0.463 e. The lowest BCUT2D eigenvalue weighted by Gasteiger charge is -2.11. The van der Waals surface area contributed by atoms with Crippen LogP contribution in [0.3, 0.4) is 0 Å². The average molecular weight is 195 g/mol. The summed E-state index contributed by atoms with van der Waals surface area (Å²) in [6.45, 7) is 3.74. The molecule has 0 saturated heterocycles. The Hall–Kier alpha value is -1.58. The van der Waals surface area contributed by atoms with Crippen LogP contribution in [0.25, 0.3) is 0 Å². The van der Waals surface area contributed by atoms with Gasteiger partial charge in [-0.15, -0.1) is 0 Å². The van der Waals surface area contributed by atoms with Crippen LogP contribution in [0.5, 0.6) is 5.88 Å². The van der Waals surface area contributed by atoms with Gasteiger partial charge in [0.15, 0.2) is 6.10 Å². The molecule has 1 atom stereocenters. The van der Waals surface area contributed by atoms with Crippen LogP contribution in [0.15, 0.2) is 24.4 Å². The van der Waals surface area contributed by atoms with E-state index in [-0.39, 0.29) is 5.97 Å². The second-order valence-corrected chi connectivity index (χ2v) is 2.68. The zero-order valence-corrected chi connectivity index (χ0v) is 8.27. The van der Waals surface area contributed by atoms with Crippen molar-refractivity contribution in [2.75, 3.05) is 6.61 Å². The van der Waals surface area contributed by atoms with Gasteiger partial charge in [0.05, 0.1) is 6.61 Å². The molecule has 4 nitrogen and oxygen atoms in total. The van der Waals surface area contributed by atoms with Crippen molar-refractivity contribution in [3.05, 3.63) is 24.4 Å². The fourth-order valence-electron chi connectivity index (χ4n) is 0.906. The third-order valence-corrected chi connectivity index (χ3v) is 1.55. The molecule has 0 spiro atoms. The average Bonchev–Trinajstić information content (AvgIpc) is 2.19. The smallest absolute Gasteiger partial charge is 0.347 e. The number of pyridine rings is 1. The van der Waals surface area contributed by atoms with E-state index >= 15 is 0 Å². The summed E-state index contributed by atoms with van der Waals surface area (Å²) >= 11 is 0. The lowest BCUT2D eigenvalue weighted by molar-refractivity contribution is -0.150. The first-order valence-corrected chi connectivity index (χ1v) is 4.48. The van der Waals surface area contributed by atoms with E-state index in [1.165, 1.54) is 0 Å². The summed E-state index contributed by atoms with van der Waals surface area (Å²) in [6, 6.07) is 5.26. The molecule has 1 unspecified atom stereocenters. The minimum absolute atomic E-state index is 0.356. The molecule has 1 aromatic heterocycles. The molecule has 0 N–H and O–H groups in total. The van der Waals surface area contributed by atoms with Crippen molar-refractivity contribution in [1.82, 2.24) is 4.98 Å². The Bertz CT molecular complexity index is 287. The lowest BCUT2D eigenvalue weighted by Crippen LogP contribution is -2.26. The highest BCUT2D eigenvalue weighted by Gasteiger charge is 2.15. The third-order valence-electron chi connectivity index (χ3n) is 1.55. The van der Waals surface area contributed by atoms with Gasteiger partial charge in [-0.25, -0.2) is 9.78 Å². The fraction of sp³-hybridized carbons (Fsp3) is 0.400. The van der Waals surface area contributed by atoms with Crippen molar-refractivity contribution < 1.29 is 14.3 Å². The van der Waals surface area contributed by atoms with Gasteiger partial charge in [-0.05, 0) is 19.9 Å². The molecule has 0 radical (unpaired) electrons. The molecule has 1 rings (SSSR count). The molecule has 1 aromatic rings. The molecule has 1 heterocycles. The number of carbonyl (C=O) groups is 1. The fourth-order valence-corrected chi connectivity index (χ4v) is 0.906. The summed E-state index contributed by atoms with van der Waals surface area (Å²) in [6.07, 6.45) is 0.984. The van der Waals surface area contributed by atoms with Crippen molar-refractivity contribution >= 4 is 5.97 Å². The Balaban J connectivity index is 2.49. The van der Waals surface area contributed by atoms with E-state index in [0.29, 0.717) is 12.5 Å². The second kappa shape index (κ2) is 5.21. The first-order chi connectivity index (χ1) is 6.74. The summed E-state index contributed by atoms with van der Waals surface area (Å²) in [4.78, 5) is 15.1. The van der Waals surface area contributed by atoms with Crippen LogP contribution in [0.4, 0.5) is 0 Å². The molecular formula is C10H13NO3. The Labute approximate surface area is 82.9 Å². The van der Waals surface area contributed by atoms with Crippen LogP contribution in [0.2, 0.25) is 0 Å². The van der Waals surface area contributed by atoms with E-state index in [2.05, 4.69) is 4.98 Å². The van der Waals surface area contributed by atoms with Crippen LogP contribution in [0, 0.1) is 0 Å². The number of nitrogens with zero attached hydrogens (tertiary/aromatic N) is 1. The molecule has 76 valence electrons. The number of ether oxygens (including phenoxy) is 2. The summed E-state index contributed by atoms with van der Waals surface area (Å²) in [5.74, 6) is 0.0474. The normalized spacial score (nSPS) is 11.9. The molecular weight excluding hydrogens is 182 g/mol. The lowest BCUT2D eigenvalue weighted by atomic mass is 10.4. The summed E-state index contributed by atoms with van der Waals surface area (Å²) in [7, 11) is 0. The maximum absolute atomic E-state index is 11.2. The van der Waals surface area contributed by atoms with E-state index < -0.39 is 6.10 Å². The summed E-state index contributed by atoms with van der Waals surface area (Å²) in [5.41, 5.74) is 0. The van der Waals surface area contributed by atoms with Crippen molar-refractivity contribution in [1.29, 1.82) is 0 Å². The van der Waals surface area contributed by atoms with Gasteiger partial charge >= 0.3 is 5.97 Å². The van der Waals surface area contributed by atoms with Crippen LogP contribution >= 0.6 is 0 Å². The van der Waals surface area contributed by atoms with Crippen LogP contribution in [-0.2, 0) is 9.53 Å². The van der Waals surface area contributed by atoms with Gasteiger partial charge < -0.3 is 9.47 Å². The Kier molecular flexibility index (Phi) is 3.91. The molecule has 0 aliphatic heterocycles. The van der Waals surface area contributed by atoms with Gasteiger partial charge in [0, 0.05) is 12.3 Å². The molecule has 0 aliphatic carbocycles. The molecule has 0 saturated carbocycles. The number of hydrogen-bond donors (Lipinski definition) is 0. The standard InChI is InChI=1S/C10H13NO3/c1-3-13-10(12)8(2)14-9-6-4-5-7-11-9/h4-8H,3H2,1-2H3. The van der Waals surface area contributed by atoms with Gasteiger partial charge in [0.1, 0.15) is 0 Å². The number of esters is 1. The van der Waals surface area contributed by atoms with Crippen LogP contribution < -0.4 is 4.74 Å². The maximum atomic E-state index is 11.2. The molecule has 0 fully saturated rings. The minimum atomic E-state index is -0.621. The predicted molar refractivity (Wildman–Crippen MR) is 51.0 cm³/mol. The van der Waals surface area contributed by atoms with Gasteiger partial charge in [0.2, 0.25) is 5.88 Å². The largest absolute Gasteiger partial charge is 0.463 e. The SMILES string of the molecule is CCOC(=O)C(C)Oc1ccccn1. The maximum Gasteiger partial charge on any atom is 0.347 e. The highest BCUT2D eigenvalue weighted by molar-refractivity contribution is 5.74. The number of rotatable bonds is 4. The van der Waals surface area contributed by atoms with E-state index in [9.17, 15) is 4.79 Å². The number of aromatic nitrogens is 1. The summed E-state index contributed by atoms with van der Waals surface area (Å²) < 4.78 is 10.0. The van der Waals surface area contributed by atoms with Gasteiger partial charge in [-0.1, -0.05) is 6.07 Å². The predicted octanol–water partition coefficient (Wildman–Crippen LogP) is 1.41. The highest BCUT2D eigenvalue weighted by Crippen LogP contribution is 2.06. The second-order valence-electron chi connectivity index (χ2n) is 2.68. The molecule has 0 amide bonds. The Morgan fingerprint density at radius 2 is 2.36 bits per heavy atom. The highest BCUT2D eigenvalue weighted by atomic mass is 16.6. The molecule has 0 aromatic carbocycles. The summed E-state index contributed by atoms with van der Waals surface area (Å²) in [5, 5.41) is 0. The molecule has 14 heavy (non-hydrogen) atoms. The van der Waals surface area contributed by atoms with Gasteiger partial charge in [-0.2, -0.15) is 0 Å². The van der Waals surface area contributed by atoms with E-state index in [1.807, 2.05) is 0 Å². The first-order valence-electron chi connectivity index (χ1n) is 4.48. The zero-order valence-electron chi connectivity index (χ0n) is 8.27. The van der Waals surface area contributed by atoms with Crippen molar-refractivity contribution in [2.45, 2.75) is 20.0 Å². The van der Waals surface area contributed by atoms with Crippen LogP contribution in [-0.4, -0.2) is 23.7 Å². The molecule has 0 aliphatic rings. The quantitative estimate of drug-likeness (QED) is 0.681. The molecule has 4 heteroatoms. The number of hydrogen-bond acceptors (Lipinski definition) is 4. The van der Waals surface area contributed by atoms with Gasteiger partial charge in [-0.3, -0.25) is 0 Å². The zero-order chi connectivity index (χ0) is 10.4. The monoisotopic (exact) mass is 195 g/mol. The van der Waals surface area contributed by atoms with Crippen molar-refractivity contribution in [3.8, 4) is 5.88 Å². The topological polar surface area (TPSA) is 48.4 Å².